The summed E-state index contributed by atoms with van der Waals surface area (Å²) < 4.78 is 18.0. The van der Waals surface area contributed by atoms with Gasteiger partial charge in [-0.3, -0.25) is 0 Å². The second-order valence-electron chi connectivity index (χ2n) is 8.30. The number of fused-ring (bicyclic) bond motifs is 1. The van der Waals surface area contributed by atoms with Gasteiger partial charge in [-0.2, -0.15) is 0 Å². The zero-order valence-electron chi connectivity index (χ0n) is 18.3. The fraction of sp³-hybridized carbons (Fsp3) is 0.269. The molecule has 2 aliphatic heterocycles. The lowest BCUT2D eigenvalue weighted by atomic mass is 10.0. The average Bonchev–Trinajstić information content (AvgIpc) is 2.83. The maximum absolute atomic E-state index is 12.6. The van der Waals surface area contributed by atoms with Gasteiger partial charge in [0.05, 0.1) is 25.7 Å². The molecule has 2 atom stereocenters. The number of urea groups is 1. The van der Waals surface area contributed by atoms with Crippen LogP contribution in [0.5, 0.6) is 11.5 Å². The molecule has 3 aromatic rings. The van der Waals surface area contributed by atoms with Crippen molar-refractivity contribution in [2.75, 3.05) is 26.2 Å². The minimum atomic E-state index is -0.353. The van der Waals surface area contributed by atoms with Crippen molar-refractivity contribution in [3.8, 4) is 11.5 Å². The van der Waals surface area contributed by atoms with E-state index in [1.165, 1.54) is 0 Å². The van der Waals surface area contributed by atoms with E-state index < -0.39 is 0 Å². The van der Waals surface area contributed by atoms with Crippen LogP contribution in [0.25, 0.3) is 0 Å². The van der Waals surface area contributed by atoms with Gasteiger partial charge in [0.1, 0.15) is 12.7 Å². The van der Waals surface area contributed by atoms with Crippen molar-refractivity contribution in [2.24, 2.45) is 0 Å². The predicted octanol–water partition coefficient (Wildman–Crippen LogP) is 5.33. The lowest BCUT2D eigenvalue weighted by Crippen LogP contribution is -2.59. The Bertz CT molecular complexity index is 1150. The van der Waals surface area contributed by atoms with Crippen LogP contribution in [0.3, 0.4) is 0 Å². The molecule has 0 aromatic heterocycles. The number of carbonyl (C=O) groups excluding carboxylic acids is 1. The van der Waals surface area contributed by atoms with E-state index in [-0.39, 0.29) is 24.3 Å². The first-order valence-corrected chi connectivity index (χ1v) is 11.9. The van der Waals surface area contributed by atoms with Crippen LogP contribution in [0.4, 0.5) is 4.79 Å². The van der Waals surface area contributed by atoms with Crippen molar-refractivity contribution in [1.82, 2.24) is 10.2 Å². The van der Waals surface area contributed by atoms with Gasteiger partial charge in [0, 0.05) is 15.6 Å². The fourth-order valence-electron chi connectivity index (χ4n) is 4.03. The van der Waals surface area contributed by atoms with Gasteiger partial charge in [-0.1, -0.05) is 71.7 Å². The molecule has 8 heteroatoms. The zero-order chi connectivity index (χ0) is 23.5. The third-order valence-corrected chi connectivity index (χ3v) is 6.42. The summed E-state index contributed by atoms with van der Waals surface area (Å²) in [5.41, 5.74) is 1.83. The van der Waals surface area contributed by atoms with Crippen molar-refractivity contribution >= 4 is 29.2 Å². The Balaban J connectivity index is 1.15. The van der Waals surface area contributed by atoms with Crippen LogP contribution in [-0.2, 0) is 4.74 Å². The van der Waals surface area contributed by atoms with E-state index in [0.29, 0.717) is 42.0 Å². The molecular weight excluding hydrogens is 475 g/mol. The largest absolute Gasteiger partial charge is 0.486 e. The second kappa shape index (κ2) is 10.1. The highest BCUT2D eigenvalue weighted by Crippen LogP contribution is 2.35. The molecule has 1 fully saturated rings. The Hall–Kier alpha value is -2.93. The number of carbonyl (C=O) groups is 1. The standard InChI is InChI=1S/C26H24Cl2N2O4/c27-18-10-11-21(22(28)12-18)25(17-6-2-1-3-7-17)34-20-14-30(15-20)26(31)29-13-19-16-32-23-8-4-5-9-24(23)33-19/h1-12,19-20,25H,13-16H2,(H,29,31). The number of nitrogens with one attached hydrogen (secondary N) is 1. The van der Waals surface area contributed by atoms with Gasteiger partial charge in [-0.25, -0.2) is 4.79 Å². The molecule has 2 unspecified atom stereocenters. The number of rotatable bonds is 6. The van der Waals surface area contributed by atoms with E-state index in [4.69, 9.17) is 37.4 Å². The van der Waals surface area contributed by atoms with Gasteiger partial charge >= 0.3 is 6.03 Å². The van der Waals surface area contributed by atoms with Crippen LogP contribution in [0.15, 0.2) is 72.8 Å². The van der Waals surface area contributed by atoms with E-state index in [0.717, 1.165) is 16.9 Å². The van der Waals surface area contributed by atoms with Gasteiger partial charge in [0.2, 0.25) is 0 Å². The third kappa shape index (κ3) is 5.09. The molecule has 6 nitrogen and oxygen atoms in total. The SMILES string of the molecule is O=C(NCC1COc2ccccc2O1)N1CC(OC(c2ccccc2)c2ccc(Cl)cc2Cl)C1. The summed E-state index contributed by atoms with van der Waals surface area (Å²) in [6.07, 6.45) is -0.695. The molecule has 1 N–H and O–H groups in total. The van der Waals surface area contributed by atoms with E-state index in [2.05, 4.69) is 5.32 Å². The smallest absolute Gasteiger partial charge is 0.317 e. The number of amides is 2. The molecule has 176 valence electrons. The summed E-state index contributed by atoms with van der Waals surface area (Å²) in [7, 11) is 0. The summed E-state index contributed by atoms with van der Waals surface area (Å²) in [5, 5.41) is 4.05. The number of hydrogen-bond acceptors (Lipinski definition) is 4. The van der Waals surface area contributed by atoms with Crippen LogP contribution in [0, 0.1) is 0 Å². The van der Waals surface area contributed by atoms with Gasteiger partial charge < -0.3 is 24.4 Å². The first kappa shape index (κ1) is 22.8. The summed E-state index contributed by atoms with van der Waals surface area (Å²) in [6, 6.07) is 22.7. The Morgan fingerprint density at radius 1 is 1.03 bits per heavy atom. The van der Waals surface area contributed by atoms with Crippen LogP contribution < -0.4 is 14.8 Å². The molecule has 0 spiro atoms. The summed E-state index contributed by atoms with van der Waals surface area (Å²) in [6.45, 7) is 1.74. The molecule has 1 saturated heterocycles. The van der Waals surface area contributed by atoms with Crippen molar-refractivity contribution in [2.45, 2.75) is 18.3 Å². The number of para-hydroxylation sites is 2. The Kier molecular flexibility index (Phi) is 6.81. The summed E-state index contributed by atoms with van der Waals surface area (Å²) >= 11 is 12.6. The Labute approximate surface area is 208 Å². The normalized spacial score (nSPS) is 18.2. The Morgan fingerprint density at radius 2 is 1.76 bits per heavy atom. The highest BCUT2D eigenvalue weighted by molar-refractivity contribution is 6.35. The topological polar surface area (TPSA) is 60.0 Å². The minimum absolute atomic E-state index is 0.108. The maximum atomic E-state index is 12.6. The third-order valence-electron chi connectivity index (χ3n) is 5.86. The summed E-state index contributed by atoms with van der Waals surface area (Å²) in [5.74, 6) is 1.42. The van der Waals surface area contributed by atoms with Crippen LogP contribution >= 0.6 is 23.2 Å². The first-order valence-electron chi connectivity index (χ1n) is 11.1. The van der Waals surface area contributed by atoms with Crippen LogP contribution in [0.1, 0.15) is 17.2 Å². The molecule has 0 saturated carbocycles. The number of halogens is 2. The minimum Gasteiger partial charge on any atom is -0.486 e. The van der Waals surface area contributed by atoms with E-state index >= 15 is 0 Å². The van der Waals surface area contributed by atoms with Crippen LogP contribution in [0.2, 0.25) is 10.0 Å². The molecule has 0 aliphatic carbocycles. The van der Waals surface area contributed by atoms with E-state index in [9.17, 15) is 4.79 Å². The van der Waals surface area contributed by atoms with Gasteiger partial charge in [-0.05, 0) is 29.8 Å². The monoisotopic (exact) mass is 498 g/mol. The van der Waals surface area contributed by atoms with Crippen molar-refractivity contribution in [1.29, 1.82) is 0 Å². The van der Waals surface area contributed by atoms with Crippen molar-refractivity contribution in [3.63, 3.8) is 0 Å². The second-order valence-corrected chi connectivity index (χ2v) is 9.15. The number of nitrogens with zero attached hydrogens (tertiary/aromatic N) is 1. The van der Waals surface area contributed by atoms with E-state index in [1.807, 2.05) is 60.7 Å². The molecule has 34 heavy (non-hydrogen) atoms. The van der Waals surface area contributed by atoms with Crippen LogP contribution in [-0.4, -0.2) is 49.4 Å². The number of likely N-dealkylation sites (tertiary alicyclic amines) is 1. The van der Waals surface area contributed by atoms with Crippen molar-refractivity contribution in [3.05, 3.63) is 94.0 Å². The predicted molar refractivity (Wildman–Crippen MR) is 131 cm³/mol. The maximum Gasteiger partial charge on any atom is 0.317 e. The number of hydrogen-bond donors (Lipinski definition) is 1. The fourth-order valence-corrected chi connectivity index (χ4v) is 4.54. The number of benzene rings is 3. The number of ether oxygens (including phenoxy) is 3. The highest BCUT2D eigenvalue weighted by atomic mass is 35.5. The van der Waals surface area contributed by atoms with Gasteiger partial charge in [0.25, 0.3) is 0 Å². The zero-order valence-corrected chi connectivity index (χ0v) is 19.8. The molecule has 3 aromatic carbocycles. The molecule has 0 radical (unpaired) electrons. The molecule has 5 rings (SSSR count). The quantitative estimate of drug-likeness (QED) is 0.498. The van der Waals surface area contributed by atoms with Gasteiger partial charge in [0.15, 0.2) is 17.6 Å². The van der Waals surface area contributed by atoms with E-state index in [1.54, 1.807) is 17.0 Å². The summed E-state index contributed by atoms with van der Waals surface area (Å²) in [4.78, 5) is 14.3. The average molecular weight is 499 g/mol. The lowest BCUT2D eigenvalue weighted by molar-refractivity contribution is -0.0647. The highest BCUT2D eigenvalue weighted by Gasteiger charge is 2.35. The van der Waals surface area contributed by atoms with Gasteiger partial charge in [-0.15, -0.1) is 0 Å². The molecule has 0 bridgehead atoms. The first-order chi connectivity index (χ1) is 16.6. The molecule has 2 amide bonds. The van der Waals surface area contributed by atoms with Crippen molar-refractivity contribution < 1.29 is 19.0 Å². The molecular formula is C26H24Cl2N2O4. The lowest BCUT2D eigenvalue weighted by Gasteiger charge is -2.41. The molecule has 2 aliphatic rings. The Morgan fingerprint density at radius 3 is 2.53 bits per heavy atom. The molecule has 2 heterocycles.